The first-order valence-corrected chi connectivity index (χ1v) is 13.4. The van der Waals surface area contributed by atoms with Crippen LogP contribution in [0.15, 0.2) is 79.0 Å². The van der Waals surface area contributed by atoms with Gasteiger partial charge < -0.3 is 15.3 Å². The summed E-state index contributed by atoms with van der Waals surface area (Å²) in [6.45, 7) is 7.55. The van der Waals surface area contributed by atoms with Crippen LogP contribution in [0.3, 0.4) is 0 Å². The summed E-state index contributed by atoms with van der Waals surface area (Å²) >= 11 is 0. The second-order valence-corrected chi connectivity index (χ2v) is 9.49. The number of para-hydroxylation sites is 1. The second-order valence-electron chi connectivity index (χ2n) is 9.49. The molecule has 1 aliphatic rings. The minimum absolute atomic E-state index is 0.330. The SMILES string of the molecule is CCCCCCCN1CCC(c2ccccc2)CC1.Oc1ccccc1CNCc1ccccn1. The summed E-state index contributed by atoms with van der Waals surface area (Å²) in [6.07, 6.45) is 11.5. The molecule has 0 amide bonds. The highest BCUT2D eigenvalue weighted by Gasteiger charge is 2.19. The van der Waals surface area contributed by atoms with Crippen LogP contribution in [0.5, 0.6) is 5.75 Å². The van der Waals surface area contributed by atoms with Gasteiger partial charge in [0.25, 0.3) is 0 Å². The molecule has 1 aliphatic heterocycles. The first-order valence-electron chi connectivity index (χ1n) is 13.4. The van der Waals surface area contributed by atoms with Gasteiger partial charge in [-0.15, -0.1) is 0 Å². The van der Waals surface area contributed by atoms with Gasteiger partial charge in [0.1, 0.15) is 5.75 Å². The Morgan fingerprint density at radius 2 is 1.54 bits per heavy atom. The van der Waals surface area contributed by atoms with Crippen molar-refractivity contribution in [3.63, 3.8) is 0 Å². The van der Waals surface area contributed by atoms with Crippen LogP contribution < -0.4 is 5.32 Å². The van der Waals surface area contributed by atoms with E-state index in [1.807, 2.05) is 36.4 Å². The van der Waals surface area contributed by atoms with Crippen LogP contribution in [-0.2, 0) is 13.1 Å². The van der Waals surface area contributed by atoms with E-state index in [1.54, 1.807) is 17.8 Å². The lowest BCUT2D eigenvalue weighted by Gasteiger charge is -2.32. The highest BCUT2D eigenvalue weighted by Crippen LogP contribution is 2.27. The fraction of sp³-hybridized carbons (Fsp3) is 0.452. The number of phenols is 1. The van der Waals surface area contributed by atoms with E-state index in [1.165, 1.54) is 64.6 Å². The van der Waals surface area contributed by atoms with Crippen molar-refractivity contribution in [1.29, 1.82) is 0 Å². The number of phenolic OH excluding ortho intramolecular Hbond substituents is 1. The molecule has 0 bridgehead atoms. The van der Waals surface area contributed by atoms with Crippen LogP contribution in [0.4, 0.5) is 0 Å². The van der Waals surface area contributed by atoms with E-state index in [9.17, 15) is 5.11 Å². The molecule has 1 fully saturated rings. The number of unbranched alkanes of at least 4 members (excludes halogenated alkanes) is 4. The topological polar surface area (TPSA) is 48.4 Å². The molecule has 1 saturated heterocycles. The third-order valence-electron chi connectivity index (χ3n) is 6.78. The average molecular weight is 474 g/mol. The molecule has 0 unspecified atom stereocenters. The monoisotopic (exact) mass is 473 g/mol. The molecule has 4 heteroatoms. The van der Waals surface area contributed by atoms with Crippen molar-refractivity contribution >= 4 is 0 Å². The lowest BCUT2D eigenvalue weighted by atomic mass is 9.89. The zero-order chi connectivity index (χ0) is 24.6. The van der Waals surface area contributed by atoms with Crippen molar-refractivity contribution in [3.05, 3.63) is 95.8 Å². The Kier molecular flexibility index (Phi) is 12.4. The fourth-order valence-corrected chi connectivity index (χ4v) is 4.64. The molecule has 0 saturated carbocycles. The van der Waals surface area contributed by atoms with Gasteiger partial charge >= 0.3 is 0 Å². The average Bonchev–Trinajstić information content (AvgIpc) is 2.92. The number of hydrogen-bond donors (Lipinski definition) is 2. The minimum atomic E-state index is 0.330. The van der Waals surface area contributed by atoms with Gasteiger partial charge in [0.2, 0.25) is 0 Å². The Morgan fingerprint density at radius 1 is 0.829 bits per heavy atom. The van der Waals surface area contributed by atoms with E-state index in [-0.39, 0.29) is 0 Å². The molecule has 188 valence electrons. The van der Waals surface area contributed by atoms with Gasteiger partial charge in [-0.1, -0.05) is 87.2 Å². The van der Waals surface area contributed by atoms with Crippen LogP contribution in [0, 0.1) is 0 Å². The Hall–Kier alpha value is -2.69. The van der Waals surface area contributed by atoms with E-state index in [0.717, 1.165) is 17.2 Å². The summed E-state index contributed by atoms with van der Waals surface area (Å²) in [5.74, 6) is 1.13. The Labute approximate surface area is 212 Å². The second kappa shape index (κ2) is 16.1. The smallest absolute Gasteiger partial charge is 0.120 e. The first-order chi connectivity index (χ1) is 17.3. The number of rotatable bonds is 11. The van der Waals surface area contributed by atoms with Crippen LogP contribution in [0.1, 0.15) is 74.6 Å². The summed E-state index contributed by atoms with van der Waals surface area (Å²) in [4.78, 5) is 6.88. The standard InChI is InChI=1S/C18H29N.C13H14N2O/c1-2-3-4-5-9-14-19-15-12-18(13-16-19)17-10-7-6-8-11-17;16-13-7-2-1-5-11(13)9-14-10-12-6-3-4-8-15-12/h6-8,10-11,18H,2-5,9,12-16H2,1H3;1-8,14,16H,9-10H2. The Balaban J connectivity index is 0.000000198. The highest BCUT2D eigenvalue weighted by atomic mass is 16.3. The van der Waals surface area contributed by atoms with E-state index >= 15 is 0 Å². The lowest BCUT2D eigenvalue weighted by Crippen LogP contribution is -2.33. The van der Waals surface area contributed by atoms with E-state index in [2.05, 4.69) is 52.5 Å². The van der Waals surface area contributed by atoms with E-state index < -0.39 is 0 Å². The normalized spacial score (nSPS) is 14.3. The van der Waals surface area contributed by atoms with Gasteiger partial charge in [0, 0.05) is 24.8 Å². The number of benzene rings is 2. The predicted molar refractivity (Wildman–Crippen MR) is 147 cm³/mol. The van der Waals surface area contributed by atoms with E-state index in [0.29, 0.717) is 18.8 Å². The maximum Gasteiger partial charge on any atom is 0.120 e. The maximum absolute atomic E-state index is 9.55. The van der Waals surface area contributed by atoms with Gasteiger partial charge in [-0.2, -0.15) is 0 Å². The Bertz CT molecular complexity index is 924. The summed E-state index contributed by atoms with van der Waals surface area (Å²) in [5.41, 5.74) is 3.45. The molecule has 4 rings (SSSR count). The third kappa shape index (κ3) is 10.2. The molecule has 0 atom stereocenters. The van der Waals surface area contributed by atoms with Crippen molar-refractivity contribution in [2.45, 2.75) is 70.9 Å². The number of pyridine rings is 1. The number of nitrogens with one attached hydrogen (secondary N) is 1. The predicted octanol–water partition coefficient (Wildman–Crippen LogP) is 6.91. The molecule has 4 nitrogen and oxygen atoms in total. The molecule has 2 heterocycles. The van der Waals surface area contributed by atoms with Gasteiger partial charge in [-0.3, -0.25) is 4.98 Å². The molecule has 0 spiro atoms. The van der Waals surface area contributed by atoms with Gasteiger partial charge in [0.15, 0.2) is 0 Å². The zero-order valence-corrected chi connectivity index (χ0v) is 21.4. The molecule has 0 radical (unpaired) electrons. The summed E-state index contributed by atoms with van der Waals surface area (Å²) in [6, 6.07) is 24.2. The number of aromatic hydroxyl groups is 1. The quantitative estimate of drug-likeness (QED) is 0.297. The number of nitrogens with zero attached hydrogens (tertiary/aromatic N) is 2. The number of likely N-dealkylation sites (tertiary alicyclic amines) is 1. The van der Waals surface area contributed by atoms with Crippen molar-refractivity contribution in [3.8, 4) is 5.75 Å². The number of piperidine rings is 1. The molecular weight excluding hydrogens is 430 g/mol. The third-order valence-corrected chi connectivity index (χ3v) is 6.78. The number of hydrogen-bond acceptors (Lipinski definition) is 4. The summed E-state index contributed by atoms with van der Waals surface area (Å²) < 4.78 is 0. The van der Waals surface area contributed by atoms with Crippen molar-refractivity contribution in [1.82, 2.24) is 15.2 Å². The lowest BCUT2D eigenvalue weighted by molar-refractivity contribution is 0.208. The summed E-state index contributed by atoms with van der Waals surface area (Å²) in [7, 11) is 0. The van der Waals surface area contributed by atoms with Crippen LogP contribution in [0.2, 0.25) is 0 Å². The zero-order valence-electron chi connectivity index (χ0n) is 21.4. The Morgan fingerprint density at radius 3 is 2.26 bits per heavy atom. The molecule has 35 heavy (non-hydrogen) atoms. The molecule has 2 N–H and O–H groups in total. The molecule has 1 aromatic heterocycles. The van der Waals surface area contributed by atoms with E-state index in [4.69, 9.17) is 0 Å². The van der Waals surface area contributed by atoms with Crippen molar-refractivity contribution < 1.29 is 5.11 Å². The fourth-order valence-electron chi connectivity index (χ4n) is 4.64. The van der Waals surface area contributed by atoms with Gasteiger partial charge in [0.05, 0.1) is 5.69 Å². The maximum atomic E-state index is 9.55. The van der Waals surface area contributed by atoms with Crippen LogP contribution in [-0.4, -0.2) is 34.6 Å². The van der Waals surface area contributed by atoms with Crippen LogP contribution >= 0.6 is 0 Å². The van der Waals surface area contributed by atoms with Crippen molar-refractivity contribution in [2.75, 3.05) is 19.6 Å². The highest BCUT2D eigenvalue weighted by molar-refractivity contribution is 5.31. The molecular formula is C31H43N3O. The van der Waals surface area contributed by atoms with Crippen LogP contribution in [0.25, 0.3) is 0 Å². The van der Waals surface area contributed by atoms with Crippen molar-refractivity contribution in [2.24, 2.45) is 0 Å². The minimum Gasteiger partial charge on any atom is -0.508 e. The van der Waals surface area contributed by atoms with Gasteiger partial charge in [-0.05, 0) is 68.6 Å². The molecule has 0 aliphatic carbocycles. The summed E-state index contributed by atoms with van der Waals surface area (Å²) in [5, 5.41) is 12.8. The first kappa shape index (κ1) is 26.9. The molecule has 3 aromatic rings. The molecule has 2 aromatic carbocycles. The van der Waals surface area contributed by atoms with Gasteiger partial charge in [-0.25, -0.2) is 0 Å². The number of aromatic nitrogens is 1. The largest absolute Gasteiger partial charge is 0.508 e.